The van der Waals surface area contributed by atoms with E-state index in [2.05, 4.69) is 5.10 Å². The second-order valence-corrected chi connectivity index (χ2v) is 3.65. The van der Waals surface area contributed by atoms with Crippen LogP contribution in [0.2, 0.25) is 0 Å². The molecule has 0 bridgehead atoms. The third-order valence-corrected chi connectivity index (χ3v) is 2.71. The molecular weight excluding hydrogens is 196 g/mol. The molecule has 1 N–H and O–H groups in total. The maximum absolute atomic E-state index is 11.0. The van der Waals surface area contributed by atoms with E-state index >= 15 is 0 Å². The number of carboxylic acid groups (broad SMARTS) is 1. The fourth-order valence-electron chi connectivity index (χ4n) is 1.87. The number of hydrogen-bond donors (Lipinski definition) is 1. The molecule has 1 aliphatic rings. The number of aliphatic carboxylic acids is 1. The lowest BCUT2D eigenvalue weighted by Crippen LogP contribution is -2.17. The first-order valence-electron chi connectivity index (χ1n) is 5.09. The molecule has 0 spiro atoms. The molecule has 1 saturated heterocycles. The van der Waals surface area contributed by atoms with Crippen molar-refractivity contribution in [3.63, 3.8) is 0 Å². The average molecular weight is 210 g/mol. The van der Waals surface area contributed by atoms with Gasteiger partial charge in [-0.1, -0.05) is 0 Å². The van der Waals surface area contributed by atoms with Crippen molar-refractivity contribution in [2.24, 2.45) is 5.92 Å². The maximum Gasteiger partial charge on any atom is 0.309 e. The van der Waals surface area contributed by atoms with Crippen molar-refractivity contribution < 1.29 is 14.6 Å². The lowest BCUT2D eigenvalue weighted by molar-refractivity contribution is -0.143. The van der Waals surface area contributed by atoms with Crippen molar-refractivity contribution in [2.45, 2.75) is 26.0 Å². The van der Waals surface area contributed by atoms with Crippen molar-refractivity contribution in [1.29, 1.82) is 0 Å². The number of rotatable bonds is 3. The Morgan fingerprint density at radius 1 is 1.80 bits per heavy atom. The van der Waals surface area contributed by atoms with Gasteiger partial charge in [-0.05, 0) is 13.3 Å². The van der Waals surface area contributed by atoms with Gasteiger partial charge in [0.15, 0.2) is 0 Å². The van der Waals surface area contributed by atoms with E-state index < -0.39 is 11.9 Å². The van der Waals surface area contributed by atoms with E-state index in [0.717, 1.165) is 12.1 Å². The molecule has 0 aromatic carbocycles. The highest BCUT2D eigenvalue weighted by molar-refractivity contribution is 5.71. The van der Waals surface area contributed by atoms with Gasteiger partial charge in [-0.25, -0.2) is 0 Å². The van der Waals surface area contributed by atoms with E-state index in [1.54, 1.807) is 10.9 Å². The Labute approximate surface area is 87.7 Å². The zero-order chi connectivity index (χ0) is 10.8. The number of carbonyl (C=O) groups is 1. The van der Waals surface area contributed by atoms with Gasteiger partial charge in [-0.3, -0.25) is 9.48 Å². The van der Waals surface area contributed by atoms with Crippen LogP contribution in [-0.4, -0.2) is 27.5 Å². The van der Waals surface area contributed by atoms with Gasteiger partial charge in [0.1, 0.15) is 0 Å². The molecule has 82 valence electrons. The largest absolute Gasteiger partial charge is 0.481 e. The summed E-state index contributed by atoms with van der Waals surface area (Å²) in [6.07, 6.45) is 3.79. The van der Waals surface area contributed by atoms with Crippen LogP contribution in [0, 0.1) is 5.92 Å². The van der Waals surface area contributed by atoms with E-state index in [9.17, 15) is 4.79 Å². The van der Waals surface area contributed by atoms with Crippen LogP contribution in [0.15, 0.2) is 12.4 Å². The molecule has 0 saturated carbocycles. The summed E-state index contributed by atoms with van der Waals surface area (Å²) in [6.45, 7) is 3.28. The Morgan fingerprint density at radius 3 is 3.20 bits per heavy atom. The maximum atomic E-state index is 11.0. The number of carboxylic acids is 1. The van der Waals surface area contributed by atoms with Crippen LogP contribution < -0.4 is 0 Å². The van der Waals surface area contributed by atoms with E-state index in [1.165, 1.54) is 0 Å². The average Bonchev–Trinajstić information content (AvgIpc) is 2.85. The first-order valence-corrected chi connectivity index (χ1v) is 5.09. The summed E-state index contributed by atoms with van der Waals surface area (Å²) in [5, 5.41) is 13.1. The third kappa shape index (κ3) is 1.87. The van der Waals surface area contributed by atoms with E-state index in [-0.39, 0.29) is 6.10 Å². The van der Waals surface area contributed by atoms with Gasteiger partial charge in [-0.15, -0.1) is 0 Å². The van der Waals surface area contributed by atoms with Crippen molar-refractivity contribution in [2.75, 3.05) is 6.61 Å². The van der Waals surface area contributed by atoms with Crippen LogP contribution >= 0.6 is 0 Å². The van der Waals surface area contributed by atoms with Gasteiger partial charge >= 0.3 is 5.97 Å². The predicted molar refractivity (Wildman–Crippen MR) is 52.3 cm³/mol. The first kappa shape index (κ1) is 10.2. The minimum Gasteiger partial charge on any atom is -0.481 e. The molecule has 0 unspecified atom stereocenters. The van der Waals surface area contributed by atoms with Gasteiger partial charge < -0.3 is 9.84 Å². The Bertz CT molecular complexity index is 361. The molecule has 5 nitrogen and oxygen atoms in total. The zero-order valence-corrected chi connectivity index (χ0v) is 8.59. The van der Waals surface area contributed by atoms with Gasteiger partial charge in [0.05, 0.1) is 18.2 Å². The number of aryl methyl sites for hydroxylation is 1. The first-order chi connectivity index (χ1) is 7.22. The molecule has 1 aromatic heterocycles. The van der Waals surface area contributed by atoms with E-state index in [0.29, 0.717) is 13.0 Å². The van der Waals surface area contributed by atoms with Crippen LogP contribution in [0.3, 0.4) is 0 Å². The second kappa shape index (κ2) is 4.02. The molecule has 2 rings (SSSR count). The normalized spacial score (nSPS) is 25.7. The minimum absolute atomic E-state index is 0.331. The van der Waals surface area contributed by atoms with Crippen LogP contribution in [-0.2, 0) is 16.1 Å². The Hall–Kier alpha value is -1.36. The molecule has 0 radical (unpaired) electrons. The van der Waals surface area contributed by atoms with Crippen molar-refractivity contribution in [3.05, 3.63) is 18.0 Å². The van der Waals surface area contributed by atoms with Crippen LogP contribution in [0.25, 0.3) is 0 Å². The minimum atomic E-state index is -0.790. The van der Waals surface area contributed by atoms with Crippen molar-refractivity contribution >= 4 is 5.97 Å². The van der Waals surface area contributed by atoms with Gasteiger partial charge in [0.25, 0.3) is 0 Å². The standard InChI is InChI=1S/C10H14N2O3/c1-2-12-6-7(5-11-12)9-8(10(13)14)3-4-15-9/h5-6,8-9H,2-4H2,1H3,(H,13,14)/t8-,9-/m0/s1. The molecular formula is C10H14N2O3. The highest BCUT2D eigenvalue weighted by Crippen LogP contribution is 2.34. The van der Waals surface area contributed by atoms with Crippen LogP contribution in [0.5, 0.6) is 0 Å². The van der Waals surface area contributed by atoms with Crippen molar-refractivity contribution in [1.82, 2.24) is 9.78 Å². The fourth-order valence-corrected chi connectivity index (χ4v) is 1.87. The van der Waals surface area contributed by atoms with Gasteiger partial charge in [0.2, 0.25) is 0 Å². The Kier molecular flexibility index (Phi) is 2.73. The number of nitrogens with zero attached hydrogens (tertiary/aromatic N) is 2. The van der Waals surface area contributed by atoms with E-state index in [1.807, 2.05) is 13.1 Å². The summed E-state index contributed by atoms with van der Waals surface area (Å²) in [4.78, 5) is 11.0. The third-order valence-electron chi connectivity index (χ3n) is 2.71. The zero-order valence-electron chi connectivity index (χ0n) is 8.59. The number of ether oxygens (including phenoxy) is 1. The van der Waals surface area contributed by atoms with Crippen LogP contribution in [0.4, 0.5) is 0 Å². The molecule has 2 atom stereocenters. The molecule has 1 fully saturated rings. The quantitative estimate of drug-likeness (QED) is 0.810. The molecule has 0 amide bonds. The summed E-state index contributed by atoms with van der Waals surface area (Å²) >= 11 is 0. The predicted octanol–water partition coefficient (Wildman–Crippen LogP) is 1.07. The highest BCUT2D eigenvalue weighted by Gasteiger charge is 2.35. The number of hydrogen-bond acceptors (Lipinski definition) is 3. The van der Waals surface area contributed by atoms with Gasteiger partial charge in [0, 0.05) is 24.9 Å². The summed E-state index contributed by atoms with van der Waals surface area (Å²) in [5.74, 6) is -1.22. The topological polar surface area (TPSA) is 64.3 Å². The fraction of sp³-hybridized carbons (Fsp3) is 0.600. The summed E-state index contributed by atoms with van der Waals surface area (Å²) in [7, 11) is 0. The Balaban J connectivity index is 2.18. The second-order valence-electron chi connectivity index (χ2n) is 3.65. The molecule has 0 aliphatic carbocycles. The molecule has 2 heterocycles. The number of aromatic nitrogens is 2. The van der Waals surface area contributed by atoms with Gasteiger partial charge in [-0.2, -0.15) is 5.10 Å². The molecule has 15 heavy (non-hydrogen) atoms. The summed E-state index contributed by atoms with van der Waals surface area (Å²) < 4.78 is 7.21. The monoisotopic (exact) mass is 210 g/mol. The lowest BCUT2D eigenvalue weighted by Gasteiger charge is -2.12. The smallest absolute Gasteiger partial charge is 0.309 e. The van der Waals surface area contributed by atoms with Crippen molar-refractivity contribution in [3.8, 4) is 0 Å². The SMILES string of the molecule is CCn1cc([C@@H]2OCC[C@@H]2C(=O)O)cn1. The highest BCUT2D eigenvalue weighted by atomic mass is 16.5. The summed E-state index contributed by atoms with van der Waals surface area (Å²) in [6, 6.07) is 0. The molecule has 1 aliphatic heterocycles. The van der Waals surface area contributed by atoms with Crippen LogP contribution in [0.1, 0.15) is 25.0 Å². The molecule has 5 heteroatoms. The Morgan fingerprint density at radius 2 is 2.60 bits per heavy atom. The van der Waals surface area contributed by atoms with E-state index in [4.69, 9.17) is 9.84 Å². The molecule has 1 aromatic rings. The summed E-state index contributed by atoms with van der Waals surface area (Å²) in [5.41, 5.74) is 0.863. The lowest BCUT2D eigenvalue weighted by atomic mass is 9.98.